The summed E-state index contributed by atoms with van der Waals surface area (Å²) in [4.78, 5) is 30.5. The number of aliphatic hydroxyl groups is 1. The maximum atomic E-state index is 12.8. The molecule has 0 unspecified atom stereocenters. The minimum absolute atomic E-state index is 0.109. The Balaban J connectivity index is 1.33. The standard InChI is InChI=1S/C25H32N2O5S/c28-20(4-3-5-21(29)16-24-26-8-13-33-24)14-19(17-27-9-1-2-10-27)25(30)18-6-7-22-23(15-18)32-12-11-31-22/h6-8,13,15,19,25,30H,1-5,9-12,14,16-17H2/p+1/t19-,25-/m1/s1. The van der Waals surface area contributed by atoms with Gasteiger partial charge in [-0.15, -0.1) is 11.3 Å². The molecule has 4 rings (SSSR count). The molecule has 2 aliphatic rings. The van der Waals surface area contributed by atoms with Crippen LogP contribution in [-0.2, 0) is 16.0 Å². The molecule has 0 spiro atoms. The first kappa shape index (κ1) is 23.9. The third-order valence-corrected chi connectivity index (χ3v) is 7.23. The number of nitrogens with one attached hydrogen (secondary N) is 1. The number of hydrogen-bond acceptors (Lipinski definition) is 7. The Morgan fingerprint density at radius 1 is 1.09 bits per heavy atom. The molecular weight excluding hydrogens is 440 g/mol. The first-order valence-electron chi connectivity index (χ1n) is 11.9. The second-order valence-corrected chi connectivity index (χ2v) is 9.99. The van der Waals surface area contributed by atoms with Gasteiger partial charge >= 0.3 is 0 Å². The summed E-state index contributed by atoms with van der Waals surface area (Å²) >= 11 is 1.48. The van der Waals surface area contributed by atoms with Crippen molar-refractivity contribution >= 4 is 22.9 Å². The molecule has 2 aromatic rings. The zero-order chi connectivity index (χ0) is 23.0. The number of quaternary nitrogens is 1. The lowest BCUT2D eigenvalue weighted by Gasteiger charge is -2.26. The van der Waals surface area contributed by atoms with Gasteiger partial charge in [-0.1, -0.05) is 6.07 Å². The second-order valence-electron chi connectivity index (χ2n) is 9.01. The Morgan fingerprint density at radius 2 is 1.85 bits per heavy atom. The van der Waals surface area contributed by atoms with Crippen molar-refractivity contribution in [3.63, 3.8) is 0 Å². The van der Waals surface area contributed by atoms with Crippen molar-refractivity contribution in [1.29, 1.82) is 0 Å². The molecule has 2 N–H and O–H groups in total. The van der Waals surface area contributed by atoms with Gasteiger partial charge in [0.05, 0.1) is 37.2 Å². The highest BCUT2D eigenvalue weighted by Crippen LogP contribution is 2.35. The summed E-state index contributed by atoms with van der Waals surface area (Å²) in [5.41, 5.74) is 0.759. The second kappa shape index (κ2) is 11.7. The van der Waals surface area contributed by atoms with Gasteiger partial charge in [0.25, 0.3) is 0 Å². The molecular formula is C25H33N2O5S+. The van der Waals surface area contributed by atoms with E-state index < -0.39 is 6.10 Å². The average molecular weight is 474 g/mol. The number of ether oxygens (including phenoxy) is 2. The lowest BCUT2D eigenvalue weighted by atomic mass is 9.89. The van der Waals surface area contributed by atoms with Crippen molar-refractivity contribution in [2.24, 2.45) is 5.92 Å². The third-order valence-electron chi connectivity index (χ3n) is 6.45. The van der Waals surface area contributed by atoms with Crippen LogP contribution in [0.3, 0.4) is 0 Å². The summed E-state index contributed by atoms with van der Waals surface area (Å²) in [6.45, 7) is 3.96. The highest BCUT2D eigenvalue weighted by Gasteiger charge is 2.30. The first-order valence-corrected chi connectivity index (χ1v) is 12.8. The molecule has 0 saturated carbocycles. The zero-order valence-electron chi connectivity index (χ0n) is 19.0. The molecule has 178 valence electrons. The zero-order valence-corrected chi connectivity index (χ0v) is 19.8. The lowest BCUT2D eigenvalue weighted by molar-refractivity contribution is -0.891. The molecule has 0 radical (unpaired) electrons. The van der Waals surface area contributed by atoms with Gasteiger partial charge in [-0.2, -0.15) is 0 Å². The van der Waals surface area contributed by atoms with Crippen LogP contribution in [0.15, 0.2) is 29.8 Å². The third kappa shape index (κ3) is 6.85. The molecule has 2 atom stereocenters. The highest BCUT2D eigenvalue weighted by atomic mass is 32.1. The number of benzene rings is 1. The van der Waals surface area contributed by atoms with Crippen LogP contribution in [0.5, 0.6) is 11.5 Å². The van der Waals surface area contributed by atoms with Crippen LogP contribution < -0.4 is 14.4 Å². The van der Waals surface area contributed by atoms with Gasteiger partial charge in [0.1, 0.15) is 24.8 Å². The molecule has 0 aliphatic carbocycles. The summed E-state index contributed by atoms with van der Waals surface area (Å²) in [5.74, 6) is 1.40. The van der Waals surface area contributed by atoms with Gasteiger partial charge in [-0.05, 0) is 24.1 Å². The molecule has 33 heavy (non-hydrogen) atoms. The van der Waals surface area contributed by atoms with Gasteiger partial charge in [0.2, 0.25) is 0 Å². The van der Waals surface area contributed by atoms with Gasteiger partial charge in [0.15, 0.2) is 11.5 Å². The van der Waals surface area contributed by atoms with Crippen molar-refractivity contribution in [1.82, 2.24) is 4.98 Å². The fraction of sp³-hybridized carbons (Fsp3) is 0.560. The number of likely N-dealkylation sites (tertiary alicyclic amines) is 1. The van der Waals surface area contributed by atoms with E-state index in [1.165, 1.54) is 29.1 Å². The minimum Gasteiger partial charge on any atom is -0.486 e. The van der Waals surface area contributed by atoms with Crippen molar-refractivity contribution < 1.29 is 29.1 Å². The average Bonchev–Trinajstić information content (AvgIpc) is 3.52. The van der Waals surface area contributed by atoms with E-state index in [1.54, 1.807) is 6.20 Å². The fourth-order valence-electron chi connectivity index (χ4n) is 4.74. The fourth-order valence-corrected chi connectivity index (χ4v) is 5.38. The molecule has 1 aromatic heterocycles. The number of Topliss-reactive ketones (excluding diaryl/α,β-unsaturated/α-hetero) is 2. The summed E-state index contributed by atoms with van der Waals surface area (Å²) in [6, 6.07) is 5.54. The number of hydrogen-bond donors (Lipinski definition) is 2. The van der Waals surface area contributed by atoms with Crippen LogP contribution in [-0.4, -0.2) is 54.5 Å². The monoisotopic (exact) mass is 473 g/mol. The summed E-state index contributed by atoms with van der Waals surface area (Å²) in [7, 11) is 0. The molecule has 0 bridgehead atoms. The molecule has 0 amide bonds. The number of nitrogens with zero attached hydrogens (tertiary/aromatic N) is 1. The number of aliphatic hydroxyl groups excluding tert-OH is 1. The van der Waals surface area contributed by atoms with E-state index in [0.29, 0.717) is 56.8 Å². The van der Waals surface area contributed by atoms with Crippen molar-refractivity contribution in [2.45, 2.75) is 51.0 Å². The topological polar surface area (TPSA) is 90.2 Å². The smallest absolute Gasteiger partial charge is 0.161 e. The van der Waals surface area contributed by atoms with E-state index in [9.17, 15) is 14.7 Å². The molecule has 7 nitrogen and oxygen atoms in total. The maximum Gasteiger partial charge on any atom is 0.161 e. The Hall–Kier alpha value is -2.29. The van der Waals surface area contributed by atoms with Gasteiger partial charge in [-0.25, -0.2) is 4.98 Å². The van der Waals surface area contributed by atoms with Crippen LogP contribution in [0, 0.1) is 5.92 Å². The minimum atomic E-state index is -0.746. The summed E-state index contributed by atoms with van der Waals surface area (Å²) in [6.07, 6.45) is 5.30. The van der Waals surface area contributed by atoms with Gasteiger partial charge in [-0.3, -0.25) is 9.59 Å². The van der Waals surface area contributed by atoms with E-state index in [1.807, 2.05) is 23.6 Å². The number of ketones is 2. The van der Waals surface area contributed by atoms with Gasteiger partial charge in [0, 0.05) is 49.6 Å². The van der Waals surface area contributed by atoms with E-state index in [2.05, 4.69) is 4.98 Å². The molecule has 2 aliphatic heterocycles. The quantitative estimate of drug-likeness (QED) is 0.491. The van der Waals surface area contributed by atoms with Crippen LogP contribution in [0.1, 0.15) is 55.2 Å². The maximum absolute atomic E-state index is 12.8. The van der Waals surface area contributed by atoms with Crippen LogP contribution in [0.2, 0.25) is 0 Å². The number of carbonyl (C=O) groups excluding carboxylic acids is 2. The number of fused-ring (bicyclic) bond motifs is 1. The molecule has 1 aromatic carbocycles. The largest absolute Gasteiger partial charge is 0.486 e. The van der Waals surface area contributed by atoms with Crippen LogP contribution in [0.4, 0.5) is 0 Å². The van der Waals surface area contributed by atoms with E-state index in [4.69, 9.17) is 9.47 Å². The molecule has 3 heterocycles. The van der Waals surface area contributed by atoms with Crippen molar-refractivity contribution in [2.75, 3.05) is 32.8 Å². The number of carbonyl (C=O) groups is 2. The SMILES string of the molecule is O=C(CCCC(=O)C[C@H](C[NH+]1CCCC1)[C@H](O)c1ccc2c(c1)OCCO2)Cc1nccs1. The Labute approximate surface area is 198 Å². The lowest BCUT2D eigenvalue weighted by Crippen LogP contribution is -3.10. The normalized spacial score (nSPS) is 17.6. The van der Waals surface area contributed by atoms with E-state index in [0.717, 1.165) is 30.2 Å². The Morgan fingerprint density at radius 3 is 2.61 bits per heavy atom. The van der Waals surface area contributed by atoms with Crippen LogP contribution in [0.25, 0.3) is 0 Å². The molecule has 1 saturated heterocycles. The number of thiazole rings is 1. The number of rotatable bonds is 12. The predicted molar refractivity (Wildman–Crippen MR) is 125 cm³/mol. The van der Waals surface area contributed by atoms with E-state index in [-0.39, 0.29) is 17.5 Å². The summed E-state index contributed by atoms with van der Waals surface area (Å²) < 4.78 is 11.3. The summed E-state index contributed by atoms with van der Waals surface area (Å²) in [5, 5.41) is 13.9. The molecule has 8 heteroatoms. The van der Waals surface area contributed by atoms with Crippen molar-refractivity contribution in [3.05, 3.63) is 40.3 Å². The predicted octanol–water partition coefficient (Wildman–Crippen LogP) is 2.18. The first-order chi connectivity index (χ1) is 16.1. The van der Waals surface area contributed by atoms with Crippen LogP contribution >= 0.6 is 11.3 Å². The highest BCUT2D eigenvalue weighted by molar-refractivity contribution is 7.09. The van der Waals surface area contributed by atoms with Crippen molar-refractivity contribution in [3.8, 4) is 11.5 Å². The number of aromatic nitrogens is 1. The van der Waals surface area contributed by atoms with Gasteiger partial charge < -0.3 is 19.5 Å². The Kier molecular flexibility index (Phi) is 8.47. The van der Waals surface area contributed by atoms with E-state index >= 15 is 0 Å². The Bertz CT molecular complexity index is 927. The molecule has 1 fully saturated rings.